The van der Waals surface area contributed by atoms with Crippen LogP contribution in [0.5, 0.6) is 0 Å². The van der Waals surface area contributed by atoms with Gasteiger partial charge in [0, 0.05) is 16.8 Å². The summed E-state index contributed by atoms with van der Waals surface area (Å²) in [5, 5.41) is 8.72. The Bertz CT molecular complexity index is 327. The summed E-state index contributed by atoms with van der Waals surface area (Å²) >= 11 is 3.08. The van der Waals surface area contributed by atoms with Crippen molar-refractivity contribution in [2.45, 2.75) is 4.90 Å². The normalized spacial score (nSPS) is 10.0. The SMILES string of the molecule is CSc1ccc(N(CC(=O)O)SC)cc1. The smallest absolute Gasteiger partial charge is 0.324 e. The van der Waals surface area contributed by atoms with Gasteiger partial charge < -0.3 is 9.41 Å². The number of thioether (sulfide) groups is 1. The maximum Gasteiger partial charge on any atom is 0.324 e. The molecular formula is C10H13NO2S2. The highest BCUT2D eigenvalue weighted by atomic mass is 32.2. The van der Waals surface area contributed by atoms with Crippen LogP contribution < -0.4 is 4.31 Å². The summed E-state index contributed by atoms with van der Waals surface area (Å²) < 4.78 is 1.74. The fourth-order valence-corrected chi connectivity index (χ4v) is 2.11. The molecule has 0 aliphatic carbocycles. The predicted octanol–water partition coefficient (Wildman–Crippen LogP) is 2.58. The van der Waals surface area contributed by atoms with Gasteiger partial charge in [-0.2, -0.15) is 0 Å². The van der Waals surface area contributed by atoms with Crippen LogP contribution in [0.2, 0.25) is 0 Å². The molecule has 0 amide bonds. The highest BCUT2D eigenvalue weighted by Crippen LogP contribution is 2.23. The summed E-state index contributed by atoms with van der Waals surface area (Å²) in [5.41, 5.74) is 0.919. The summed E-state index contributed by atoms with van der Waals surface area (Å²) in [7, 11) is 0. The molecule has 0 aliphatic heterocycles. The van der Waals surface area contributed by atoms with Gasteiger partial charge in [0.05, 0.1) is 0 Å². The van der Waals surface area contributed by atoms with Crippen molar-refractivity contribution in [1.29, 1.82) is 0 Å². The van der Waals surface area contributed by atoms with Crippen molar-refractivity contribution in [3.05, 3.63) is 24.3 Å². The number of carbonyl (C=O) groups is 1. The first-order valence-corrected chi connectivity index (χ1v) is 6.75. The molecule has 0 unspecified atom stereocenters. The molecule has 1 N–H and O–H groups in total. The fourth-order valence-electron chi connectivity index (χ4n) is 1.13. The van der Waals surface area contributed by atoms with Crippen LogP contribution in [0.4, 0.5) is 5.69 Å². The molecule has 0 heterocycles. The van der Waals surface area contributed by atoms with E-state index in [0.29, 0.717) is 0 Å². The van der Waals surface area contributed by atoms with Gasteiger partial charge in [-0.3, -0.25) is 4.79 Å². The van der Waals surface area contributed by atoms with Crippen molar-refractivity contribution in [2.24, 2.45) is 0 Å². The van der Waals surface area contributed by atoms with Gasteiger partial charge >= 0.3 is 5.97 Å². The first-order chi connectivity index (χ1) is 7.17. The Morgan fingerprint density at radius 2 is 1.93 bits per heavy atom. The lowest BCUT2D eigenvalue weighted by Gasteiger charge is -2.19. The molecule has 1 aromatic carbocycles. The van der Waals surface area contributed by atoms with Crippen LogP contribution in [0.1, 0.15) is 0 Å². The number of nitrogens with zero attached hydrogens (tertiary/aromatic N) is 1. The molecule has 0 saturated heterocycles. The lowest BCUT2D eigenvalue weighted by Crippen LogP contribution is -2.22. The molecule has 1 aromatic rings. The van der Waals surface area contributed by atoms with Crippen LogP contribution in [0.25, 0.3) is 0 Å². The average Bonchev–Trinajstić information content (AvgIpc) is 2.26. The zero-order chi connectivity index (χ0) is 11.3. The van der Waals surface area contributed by atoms with E-state index in [0.717, 1.165) is 5.69 Å². The monoisotopic (exact) mass is 243 g/mol. The third-order valence-corrected chi connectivity index (χ3v) is 3.38. The summed E-state index contributed by atoms with van der Waals surface area (Å²) in [6.45, 7) is 0.0137. The van der Waals surface area contributed by atoms with E-state index < -0.39 is 5.97 Å². The topological polar surface area (TPSA) is 40.5 Å². The molecule has 0 spiro atoms. The summed E-state index contributed by atoms with van der Waals surface area (Å²) in [6, 6.07) is 7.85. The Morgan fingerprint density at radius 3 is 2.33 bits per heavy atom. The Labute approximate surface area is 98.0 Å². The molecule has 15 heavy (non-hydrogen) atoms. The number of anilines is 1. The number of hydrogen-bond donors (Lipinski definition) is 1. The minimum Gasteiger partial charge on any atom is -0.480 e. The molecule has 0 aliphatic rings. The second-order valence-electron chi connectivity index (χ2n) is 2.81. The number of hydrogen-bond acceptors (Lipinski definition) is 4. The van der Waals surface area contributed by atoms with Gasteiger partial charge in [-0.1, -0.05) is 11.9 Å². The van der Waals surface area contributed by atoms with E-state index in [1.54, 1.807) is 16.1 Å². The van der Waals surface area contributed by atoms with Gasteiger partial charge in [0.25, 0.3) is 0 Å². The van der Waals surface area contributed by atoms with E-state index in [9.17, 15) is 4.79 Å². The van der Waals surface area contributed by atoms with Crippen molar-refractivity contribution in [3.8, 4) is 0 Å². The minimum absolute atomic E-state index is 0.0137. The molecule has 0 saturated carbocycles. The van der Waals surface area contributed by atoms with E-state index in [4.69, 9.17) is 5.11 Å². The second kappa shape index (κ2) is 5.92. The number of rotatable bonds is 5. The maximum absolute atomic E-state index is 10.6. The lowest BCUT2D eigenvalue weighted by molar-refractivity contribution is -0.135. The molecular weight excluding hydrogens is 230 g/mol. The number of aliphatic carboxylic acids is 1. The highest BCUT2D eigenvalue weighted by molar-refractivity contribution is 8.00. The summed E-state index contributed by atoms with van der Waals surface area (Å²) in [6.07, 6.45) is 3.88. The summed E-state index contributed by atoms with van der Waals surface area (Å²) in [5.74, 6) is -0.821. The van der Waals surface area contributed by atoms with Gasteiger partial charge in [0.15, 0.2) is 0 Å². The van der Waals surface area contributed by atoms with Crippen molar-refractivity contribution >= 4 is 35.4 Å². The quantitative estimate of drug-likeness (QED) is 0.636. The van der Waals surface area contributed by atoms with Crippen LogP contribution in [0, 0.1) is 0 Å². The molecule has 1 rings (SSSR count). The zero-order valence-electron chi connectivity index (χ0n) is 8.64. The standard InChI is InChI=1S/C10H13NO2S2/c1-14-9-5-3-8(4-6-9)11(15-2)7-10(12)13/h3-6H,7H2,1-2H3,(H,12,13). The Kier molecular flexibility index (Phi) is 4.84. The predicted molar refractivity (Wildman–Crippen MR) is 66.7 cm³/mol. The Balaban J connectivity index is 2.78. The Hall–Kier alpha value is -0.810. The van der Waals surface area contributed by atoms with Crippen molar-refractivity contribution in [1.82, 2.24) is 0 Å². The third-order valence-electron chi connectivity index (χ3n) is 1.86. The van der Waals surface area contributed by atoms with Gasteiger partial charge in [0.2, 0.25) is 0 Å². The van der Waals surface area contributed by atoms with E-state index in [1.807, 2.05) is 36.8 Å². The molecule has 3 nitrogen and oxygen atoms in total. The zero-order valence-corrected chi connectivity index (χ0v) is 10.3. The molecule has 0 bridgehead atoms. The van der Waals surface area contributed by atoms with Crippen molar-refractivity contribution < 1.29 is 9.90 Å². The number of carboxylic acids is 1. The van der Waals surface area contributed by atoms with Crippen LogP contribution in [0.15, 0.2) is 29.2 Å². The van der Waals surface area contributed by atoms with Crippen LogP contribution in [-0.2, 0) is 4.79 Å². The second-order valence-corrected chi connectivity index (χ2v) is 4.50. The highest BCUT2D eigenvalue weighted by Gasteiger charge is 2.08. The van der Waals surface area contributed by atoms with Crippen molar-refractivity contribution in [2.75, 3.05) is 23.4 Å². The Morgan fingerprint density at radius 1 is 1.33 bits per heavy atom. The third kappa shape index (κ3) is 3.68. The van der Waals surface area contributed by atoms with Gasteiger partial charge in [-0.15, -0.1) is 11.8 Å². The van der Waals surface area contributed by atoms with E-state index in [-0.39, 0.29) is 6.54 Å². The number of benzene rings is 1. The van der Waals surface area contributed by atoms with Crippen LogP contribution in [-0.4, -0.2) is 30.1 Å². The minimum atomic E-state index is -0.821. The first kappa shape index (κ1) is 12.3. The van der Waals surface area contributed by atoms with Crippen LogP contribution in [0.3, 0.4) is 0 Å². The average molecular weight is 243 g/mol. The number of carboxylic acid groups (broad SMARTS) is 1. The van der Waals surface area contributed by atoms with Crippen LogP contribution >= 0.6 is 23.7 Å². The molecule has 0 atom stereocenters. The molecule has 0 aromatic heterocycles. The van der Waals surface area contributed by atoms with E-state index in [2.05, 4.69) is 0 Å². The largest absolute Gasteiger partial charge is 0.480 e. The van der Waals surface area contributed by atoms with E-state index >= 15 is 0 Å². The van der Waals surface area contributed by atoms with Gasteiger partial charge in [0.1, 0.15) is 6.54 Å². The first-order valence-electron chi connectivity index (χ1n) is 4.35. The van der Waals surface area contributed by atoms with Gasteiger partial charge in [-0.25, -0.2) is 0 Å². The fraction of sp³-hybridized carbons (Fsp3) is 0.300. The molecule has 82 valence electrons. The van der Waals surface area contributed by atoms with Gasteiger partial charge in [-0.05, 0) is 30.5 Å². The maximum atomic E-state index is 10.6. The lowest BCUT2D eigenvalue weighted by atomic mass is 10.3. The molecule has 5 heteroatoms. The molecule has 0 fully saturated rings. The van der Waals surface area contributed by atoms with Crippen molar-refractivity contribution in [3.63, 3.8) is 0 Å². The van der Waals surface area contributed by atoms with E-state index in [1.165, 1.54) is 16.8 Å². The summed E-state index contributed by atoms with van der Waals surface area (Å²) in [4.78, 5) is 11.8. The molecule has 0 radical (unpaired) electrons.